The highest BCUT2D eigenvalue weighted by molar-refractivity contribution is 7.09. The summed E-state index contributed by atoms with van der Waals surface area (Å²) in [4.78, 5) is 16.7. The molecule has 6 nitrogen and oxygen atoms in total. The topological polar surface area (TPSA) is 85.8 Å². The summed E-state index contributed by atoms with van der Waals surface area (Å²) in [5.41, 5.74) is 9.76. The van der Waals surface area contributed by atoms with Crippen molar-refractivity contribution in [1.82, 2.24) is 20.1 Å². The number of hydrogen-bond acceptors (Lipinski definition) is 5. The molecule has 0 atom stereocenters. The summed E-state index contributed by atoms with van der Waals surface area (Å²) in [7, 11) is 0. The number of nitrogen functional groups attached to an aromatic ring is 1. The quantitative estimate of drug-likeness (QED) is 0.858. The minimum absolute atomic E-state index is 0.0889. The minimum Gasteiger partial charge on any atom is -0.396 e. The van der Waals surface area contributed by atoms with Gasteiger partial charge in [0.1, 0.15) is 6.54 Å². The first-order valence-electron chi connectivity index (χ1n) is 5.51. The summed E-state index contributed by atoms with van der Waals surface area (Å²) in [6, 6.07) is 0. The van der Waals surface area contributed by atoms with Gasteiger partial charge in [-0.15, -0.1) is 11.3 Å². The van der Waals surface area contributed by atoms with Crippen LogP contribution >= 0.6 is 11.3 Å². The van der Waals surface area contributed by atoms with Crippen molar-refractivity contribution in [3.05, 3.63) is 28.0 Å². The maximum atomic E-state index is 11.8. The molecule has 2 aromatic rings. The van der Waals surface area contributed by atoms with Crippen molar-refractivity contribution in [2.75, 3.05) is 5.73 Å². The predicted molar refractivity (Wildman–Crippen MR) is 70.1 cm³/mol. The SMILES string of the molecule is Cc1nn(CC(=O)NCc2cncs2)c(C)c1N. The number of amides is 1. The maximum Gasteiger partial charge on any atom is 0.242 e. The highest BCUT2D eigenvalue weighted by atomic mass is 32.1. The number of thiazole rings is 1. The molecule has 2 aromatic heterocycles. The van der Waals surface area contributed by atoms with E-state index in [9.17, 15) is 4.79 Å². The predicted octanol–water partition coefficient (Wildman–Crippen LogP) is 0.855. The Hall–Kier alpha value is -1.89. The molecule has 0 saturated carbocycles. The van der Waals surface area contributed by atoms with Crippen molar-refractivity contribution in [3.63, 3.8) is 0 Å². The highest BCUT2D eigenvalue weighted by Crippen LogP contribution is 2.14. The zero-order chi connectivity index (χ0) is 13.1. The summed E-state index contributed by atoms with van der Waals surface area (Å²) in [6.45, 7) is 4.36. The van der Waals surface area contributed by atoms with E-state index in [1.165, 1.54) is 11.3 Å². The molecule has 0 radical (unpaired) electrons. The Labute approximate surface area is 109 Å². The van der Waals surface area contributed by atoms with Crippen LogP contribution in [0.1, 0.15) is 16.3 Å². The number of aryl methyl sites for hydroxylation is 1. The second-order valence-corrected chi connectivity index (χ2v) is 4.96. The van der Waals surface area contributed by atoms with Crippen molar-refractivity contribution in [3.8, 4) is 0 Å². The zero-order valence-corrected chi connectivity index (χ0v) is 11.1. The lowest BCUT2D eigenvalue weighted by Crippen LogP contribution is -2.27. The zero-order valence-electron chi connectivity index (χ0n) is 10.3. The van der Waals surface area contributed by atoms with Gasteiger partial charge in [0.15, 0.2) is 0 Å². The molecular weight excluding hydrogens is 250 g/mol. The normalized spacial score (nSPS) is 10.6. The van der Waals surface area contributed by atoms with Crippen LogP contribution in [0.2, 0.25) is 0 Å². The van der Waals surface area contributed by atoms with Gasteiger partial charge in [0, 0.05) is 11.1 Å². The van der Waals surface area contributed by atoms with Crippen molar-refractivity contribution >= 4 is 22.9 Å². The van der Waals surface area contributed by atoms with E-state index < -0.39 is 0 Å². The van der Waals surface area contributed by atoms with Gasteiger partial charge in [0.2, 0.25) is 5.91 Å². The number of carbonyl (C=O) groups excluding carboxylic acids is 1. The molecule has 0 aliphatic carbocycles. The number of nitrogens with one attached hydrogen (secondary N) is 1. The van der Waals surface area contributed by atoms with Crippen molar-refractivity contribution in [2.45, 2.75) is 26.9 Å². The molecule has 0 saturated heterocycles. The van der Waals surface area contributed by atoms with E-state index in [0.29, 0.717) is 12.2 Å². The molecule has 0 aliphatic heterocycles. The van der Waals surface area contributed by atoms with E-state index >= 15 is 0 Å². The van der Waals surface area contributed by atoms with Gasteiger partial charge >= 0.3 is 0 Å². The van der Waals surface area contributed by atoms with E-state index in [-0.39, 0.29) is 12.5 Å². The first-order valence-corrected chi connectivity index (χ1v) is 6.39. The lowest BCUT2D eigenvalue weighted by molar-refractivity contribution is -0.122. The number of nitrogens with two attached hydrogens (primary N) is 1. The number of carbonyl (C=O) groups is 1. The lowest BCUT2D eigenvalue weighted by atomic mass is 10.3. The van der Waals surface area contributed by atoms with Crippen LogP contribution < -0.4 is 11.1 Å². The van der Waals surface area contributed by atoms with Gasteiger partial charge in [0.05, 0.1) is 29.1 Å². The number of nitrogens with zero attached hydrogens (tertiary/aromatic N) is 3. The number of aromatic nitrogens is 3. The van der Waals surface area contributed by atoms with Crippen LogP contribution in [0.4, 0.5) is 5.69 Å². The molecule has 7 heteroatoms. The second kappa shape index (κ2) is 5.18. The fourth-order valence-corrected chi connectivity index (χ4v) is 2.11. The Morgan fingerprint density at radius 3 is 2.89 bits per heavy atom. The Morgan fingerprint density at radius 1 is 1.56 bits per heavy atom. The molecule has 0 spiro atoms. The van der Waals surface area contributed by atoms with E-state index in [0.717, 1.165) is 16.3 Å². The lowest BCUT2D eigenvalue weighted by Gasteiger charge is -2.05. The smallest absolute Gasteiger partial charge is 0.242 e. The van der Waals surface area contributed by atoms with Crippen LogP contribution in [0.5, 0.6) is 0 Å². The first-order chi connectivity index (χ1) is 8.58. The number of anilines is 1. The van der Waals surface area contributed by atoms with Crippen LogP contribution in [-0.2, 0) is 17.9 Å². The van der Waals surface area contributed by atoms with Crippen LogP contribution in [0.25, 0.3) is 0 Å². The average molecular weight is 265 g/mol. The van der Waals surface area contributed by atoms with Crippen molar-refractivity contribution < 1.29 is 4.79 Å². The standard InChI is InChI=1S/C11H15N5OS/c1-7-11(12)8(2)16(15-7)5-10(17)14-4-9-3-13-6-18-9/h3,6H,4-5,12H2,1-2H3,(H,14,17). The molecule has 0 bridgehead atoms. The Morgan fingerprint density at radius 2 is 2.33 bits per heavy atom. The van der Waals surface area contributed by atoms with Crippen LogP contribution in [0.15, 0.2) is 11.7 Å². The van der Waals surface area contributed by atoms with Crippen molar-refractivity contribution in [2.24, 2.45) is 0 Å². The molecular formula is C11H15N5OS. The fraction of sp³-hybridized carbons (Fsp3) is 0.364. The molecule has 0 fully saturated rings. The third-order valence-corrected chi connectivity index (χ3v) is 3.45. The summed E-state index contributed by atoms with van der Waals surface area (Å²) < 4.78 is 1.62. The van der Waals surface area contributed by atoms with Gasteiger partial charge in [-0.1, -0.05) is 0 Å². The largest absolute Gasteiger partial charge is 0.396 e. The first kappa shape index (κ1) is 12.6. The Balaban J connectivity index is 1.93. The van der Waals surface area contributed by atoms with E-state index in [4.69, 9.17) is 5.73 Å². The summed E-state index contributed by atoms with van der Waals surface area (Å²) in [5.74, 6) is -0.0889. The Kier molecular flexibility index (Phi) is 3.61. The third kappa shape index (κ3) is 2.67. The molecule has 2 heterocycles. The van der Waals surface area contributed by atoms with E-state index in [1.54, 1.807) is 16.4 Å². The second-order valence-electron chi connectivity index (χ2n) is 3.99. The molecule has 0 aliphatic rings. The van der Waals surface area contributed by atoms with Gasteiger partial charge in [-0.2, -0.15) is 5.10 Å². The van der Waals surface area contributed by atoms with E-state index in [1.807, 2.05) is 13.8 Å². The molecule has 18 heavy (non-hydrogen) atoms. The van der Waals surface area contributed by atoms with Gasteiger partial charge in [-0.05, 0) is 13.8 Å². The Bertz CT molecular complexity index is 546. The highest BCUT2D eigenvalue weighted by Gasteiger charge is 2.11. The van der Waals surface area contributed by atoms with Crippen LogP contribution in [-0.4, -0.2) is 20.7 Å². The molecule has 2 rings (SSSR count). The van der Waals surface area contributed by atoms with E-state index in [2.05, 4.69) is 15.4 Å². The number of rotatable bonds is 4. The fourth-order valence-electron chi connectivity index (χ4n) is 1.57. The summed E-state index contributed by atoms with van der Waals surface area (Å²) >= 11 is 1.51. The molecule has 1 amide bonds. The third-order valence-electron chi connectivity index (χ3n) is 2.67. The monoisotopic (exact) mass is 265 g/mol. The summed E-state index contributed by atoms with van der Waals surface area (Å²) in [5, 5.41) is 7.04. The molecule has 96 valence electrons. The maximum absolute atomic E-state index is 11.8. The van der Waals surface area contributed by atoms with Crippen LogP contribution in [0.3, 0.4) is 0 Å². The molecule has 0 unspecified atom stereocenters. The van der Waals surface area contributed by atoms with Crippen molar-refractivity contribution in [1.29, 1.82) is 0 Å². The molecule has 0 aromatic carbocycles. The van der Waals surface area contributed by atoms with Crippen LogP contribution in [0, 0.1) is 13.8 Å². The number of hydrogen-bond donors (Lipinski definition) is 2. The van der Waals surface area contributed by atoms with Gasteiger partial charge in [-0.3, -0.25) is 14.5 Å². The summed E-state index contributed by atoms with van der Waals surface area (Å²) in [6.07, 6.45) is 1.74. The van der Waals surface area contributed by atoms with Gasteiger partial charge < -0.3 is 11.1 Å². The molecule has 3 N–H and O–H groups in total. The average Bonchev–Trinajstić information content (AvgIpc) is 2.93. The van der Waals surface area contributed by atoms with Gasteiger partial charge in [-0.25, -0.2) is 0 Å². The minimum atomic E-state index is -0.0889. The van der Waals surface area contributed by atoms with Gasteiger partial charge in [0.25, 0.3) is 0 Å².